The van der Waals surface area contributed by atoms with Gasteiger partial charge in [-0.2, -0.15) is 0 Å². The lowest BCUT2D eigenvalue weighted by Crippen LogP contribution is -2.77. The van der Waals surface area contributed by atoms with Crippen molar-refractivity contribution in [3.05, 3.63) is 97.7 Å². The Morgan fingerprint density at radius 1 is 0.645 bits per heavy atom. The first kappa shape index (κ1) is 20.2. The van der Waals surface area contributed by atoms with Crippen molar-refractivity contribution in [1.82, 2.24) is 15.0 Å². The topological polar surface area (TPSA) is 73.5 Å². The molecule has 0 atom stereocenters. The molecular formula is C22H22BN5O3. The van der Waals surface area contributed by atoms with E-state index in [1.54, 1.807) is 59.5 Å². The Morgan fingerprint density at radius 2 is 1.06 bits per heavy atom. The summed E-state index contributed by atoms with van der Waals surface area (Å²) in [4.78, 5) is 14.9. The third-order valence-corrected chi connectivity index (χ3v) is 4.44. The molecule has 4 aromatic heterocycles. The number of hydrogen-bond donors (Lipinski definition) is 0. The smallest absolute Gasteiger partial charge is 0.568 e. The minimum absolute atomic E-state index is 0.332. The van der Waals surface area contributed by atoms with E-state index in [-0.39, 0.29) is 0 Å². The molecule has 156 valence electrons. The Morgan fingerprint density at radius 3 is 1.39 bits per heavy atom. The van der Waals surface area contributed by atoms with Crippen molar-refractivity contribution in [1.29, 1.82) is 0 Å². The van der Waals surface area contributed by atoms with Gasteiger partial charge < -0.3 is 23.3 Å². The number of nitrogens with zero attached hydrogens (tertiary/aromatic N) is 5. The molecule has 0 aliphatic rings. The fraction of sp³-hybridized carbons (Fsp3) is 0.0909. The van der Waals surface area contributed by atoms with Gasteiger partial charge in [-0.05, 0) is 36.4 Å². The van der Waals surface area contributed by atoms with Crippen LogP contribution in [0.2, 0.25) is 0 Å². The number of pyridine rings is 4. The molecule has 0 aromatic carbocycles. The third kappa shape index (κ3) is 4.89. The predicted octanol–water partition coefficient (Wildman–Crippen LogP) is 2.75. The van der Waals surface area contributed by atoms with Crippen molar-refractivity contribution in [3.8, 4) is 17.6 Å². The largest absolute Gasteiger partial charge is 0.881 e. The second-order valence-electron chi connectivity index (χ2n) is 6.86. The zero-order valence-electron chi connectivity index (χ0n) is 17.3. The van der Waals surface area contributed by atoms with E-state index >= 15 is 0 Å². The molecule has 0 saturated heterocycles. The highest BCUT2D eigenvalue weighted by atomic mass is 16.8. The highest BCUT2D eigenvalue weighted by Crippen LogP contribution is 2.19. The molecule has 8 nitrogen and oxygen atoms in total. The van der Waals surface area contributed by atoms with Gasteiger partial charge in [-0.25, -0.2) is 15.0 Å². The van der Waals surface area contributed by atoms with Crippen LogP contribution in [0.4, 0.5) is 5.69 Å². The van der Waals surface area contributed by atoms with Crippen LogP contribution in [0.15, 0.2) is 97.7 Å². The summed E-state index contributed by atoms with van der Waals surface area (Å²) in [6, 6.07) is 19.9. The van der Waals surface area contributed by atoms with Crippen molar-refractivity contribution < 1.29 is 18.4 Å². The molecule has 4 aromatic rings. The summed E-state index contributed by atoms with van der Waals surface area (Å²) < 4.78 is 20.5. The maximum Gasteiger partial charge on any atom is 0.881 e. The highest BCUT2D eigenvalue weighted by molar-refractivity contribution is 6.53. The number of aromatic nitrogens is 4. The van der Waals surface area contributed by atoms with Crippen LogP contribution < -0.4 is 23.3 Å². The molecule has 0 N–H and O–H groups in total. The van der Waals surface area contributed by atoms with Crippen LogP contribution in [0.5, 0.6) is 17.6 Å². The summed E-state index contributed by atoms with van der Waals surface area (Å²) in [7, 11) is 3.94. The van der Waals surface area contributed by atoms with Gasteiger partial charge in [0.15, 0.2) is 17.6 Å². The zero-order chi connectivity index (χ0) is 21.5. The van der Waals surface area contributed by atoms with E-state index < -0.39 is 6.89 Å². The second-order valence-corrected chi connectivity index (χ2v) is 6.86. The van der Waals surface area contributed by atoms with Crippen LogP contribution >= 0.6 is 0 Å². The molecule has 0 amide bonds. The quantitative estimate of drug-likeness (QED) is 0.410. The molecule has 0 aliphatic heterocycles. The van der Waals surface area contributed by atoms with E-state index in [4.69, 9.17) is 14.0 Å². The monoisotopic (exact) mass is 415 g/mol. The van der Waals surface area contributed by atoms with Gasteiger partial charge in [0, 0.05) is 50.5 Å². The molecule has 4 rings (SSSR count). The molecule has 0 unspecified atom stereocenters. The Kier molecular flexibility index (Phi) is 5.93. The van der Waals surface area contributed by atoms with Crippen molar-refractivity contribution >= 4 is 12.6 Å². The molecule has 9 heteroatoms. The van der Waals surface area contributed by atoms with E-state index in [1.165, 1.54) is 0 Å². The van der Waals surface area contributed by atoms with Crippen molar-refractivity contribution in [2.24, 2.45) is 0 Å². The molecule has 0 radical (unpaired) electrons. The van der Waals surface area contributed by atoms with E-state index in [0.717, 1.165) is 5.69 Å². The highest BCUT2D eigenvalue weighted by Gasteiger charge is 2.53. The first-order valence-corrected chi connectivity index (χ1v) is 9.77. The first-order valence-electron chi connectivity index (χ1n) is 9.77. The Hall–Kier alpha value is -4.14. The summed E-state index contributed by atoms with van der Waals surface area (Å²) in [6.07, 6.45) is 8.56. The van der Waals surface area contributed by atoms with Crippen LogP contribution in [0, 0.1) is 0 Å². The fourth-order valence-corrected chi connectivity index (χ4v) is 2.90. The lowest BCUT2D eigenvalue weighted by molar-refractivity contribution is -0.584. The summed E-state index contributed by atoms with van der Waals surface area (Å²) in [5.74, 6) is 0.996. The SMILES string of the molecule is CN(C)c1cc[n+]([B-](Oc2ccccn2)(Oc2ccccn2)Oc2ccccn2)cc1. The second kappa shape index (κ2) is 9.12. The van der Waals surface area contributed by atoms with Gasteiger partial charge in [0.05, 0.1) is 0 Å². The van der Waals surface area contributed by atoms with Crippen molar-refractivity contribution in [2.75, 3.05) is 19.0 Å². The minimum Gasteiger partial charge on any atom is -0.568 e. The number of anilines is 1. The standard InChI is InChI=1S/C22H22BN5O3/c1-27(2)19-12-17-28(18-13-19)23(29-20-9-3-6-14-24-20,30-21-10-4-7-15-25-21)31-22-11-5-8-16-26-22/h3-18H,1-2H3. The average molecular weight is 415 g/mol. The predicted molar refractivity (Wildman–Crippen MR) is 117 cm³/mol. The molecule has 0 saturated carbocycles. The number of hydrogen-bond acceptors (Lipinski definition) is 7. The Bertz CT molecular complexity index is 983. The van der Waals surface area contributed by atoms with Crippen LogP contribution in [-0.4, -0.2) is 35.9 Å². The van der Waals surface area contributed by atoms with Gasteiger partial charge in [-0.15, -0.1) is 0 Å². The molecule has 0 aliphatic carbocycles. The van der Waals surface area contributed by atoms with Gasteiger partial charge in [-0.1, -0.05) is 18.2 Å². The van der Waals surface area contributed by atoms with E-state index in [2.05, 4.69) is 15.0 Å². The lowest BCUT2D eigenvalue weighted by atomic mass is 9.94. The Labute approximate surface area is 180 Å². The lowest BCUT2D eigenvalue weighted by Gasteiger charge is -2.33. The van der Waals surface area contributed by atoms with Crippen LogP contribution in [0.25, 0.3) is 0 Å². The molecule has 0 bridgehead atoms. The summed E-state index contributed by atoms with van der Waals surface area (Å²) in [5.41, 5.74) is 1.01. The maximum absolute atomic E-state index is 6.27. The van der Waals surface area contributed by atoms with Gasteiger partial charge in [0.1, 0.15) is 12.4 Å². The summed E-state index contributed by atoms with van der Waals surface area (Å²) in [5, 5.41) is 0. The third-order valence-electron chi connectivity index (χ3n) is 4.44. The summed E-state index contributed by atoms with van der Waals surface area (Å²) in [6.45, 7) is -2.68. The first-order chi connectivity index (χ1) is 15.1. The minimum atomic E-state index is -2.68. The van der Waals surface area contributed by atoms with Crippen LogP contribution in [-0.2, 0) is 0 Å². The number of rotatable bonds is 8. The normalized spacial score (nSPS) is 10.9. The van der Waals surface area contributed by atoms with E-state index in [0.29, 0.717) is 17.6 Å². The van der Waals surface area contributed by atoms with E-state index in [1.807, 2.05) is 61.7 Å². The van der Waals surface area contributed by atoms with Crippen molar-refractivity contribution in [2.45, 2.75) is 0 Å². The van der Waals surface area contributed by atoms with E-state index in [9.17, 15) is 0 Å². The molecular weight excluding hydrogens is 393 g/mol. The molecule has 4 heterocycles. The van der Waals surface area contributed by atoms with Gasteiger partial charge >= 0.3 is 6.89 Å². The van der Waals surface area contributed by atoms with Gasteiger partial charge in [-0.3, -0.25) is 0 Å². The van der Waals surface area contributed by atoms with Crippen LogP contribution in [0.1, 0.15) is 0 Å². The van der Waals surface area contributed by atoms with Gasteiger partial charge in [0.25, 0.3) is 0 Å². The average Bonchev–Trinajstić information content (AvgIpc) is 2.81. The molecule has 0 spiro atoms. The zero-order valence-corrected chi connectivity index (χ0v) is 17.3. The summed E-state index contributed by atoms with van der Waals surface area (Å²) >= 11 is 0. The molecule has 31 heavy (non-hydrogen) atoms. The van der Waals surface area contributed by atoms with Crippen molar-refractivity contribution in [3.63, 3.8) is 0 Å². The molecule has 0 fully saturated rings. The maximum atomic E-state index is 6.27. The Balaban J connectivity index is 1.83. The fourth-order valence-electron chi connectivity index (χ4n) is 2.90. The van der Waals surface area contributed by atoms with Crippen LogP contribution in [0.3, 0.4) is 0 Å². The van der Waals surface area contributed by atoms with Gasteiger partial charge in [0.2, 0.25) is 0 Å².